The molecule has 1 aliphatic heterocycles. The van der Waals surface area contributed by atoms with Crippen LogP contribution in [0.2, 0.25) is 0 Å². The van der Waals surface area contributed by atoms with Gasteiger partial charge in [-0.15, -0.1) is 0 Å². The minimum Gasteiger partial charge on any atom is -0.338 e. The highest BCUT2D eigenvalue weighted by Crippen LogP contribution is 2.46. The van der Waals surface area contributed by atoms with Crippen LogP contribution in [0.4, 0.5) is 9.59 Å². The van der Waals surface area contributed by atoms with Gasteiger partial charge in [0.15, 0.2) is 0 Å². The molecule has 1 heterocycles. The standard InChI is InChI=1S/C18H26N4O2/c1-2-19-18(24)22-9-8-15(12-22)21-17(23)20-11-14-10-16(14)13-6-4-3-5-7-13/h3-7,14-16H,2,8-12H2,1H3,(H,19,24)(H2,20,21,23)/t14-,15-,16+/m0/s1. The molecular weight excluding hydrogens is 304 g/mol. The number of urea groups is 2. The Labute approximate surface area is 143 Å². The van der Waals surface area contributed by atoms with Crippen LogP contribution in [0.15, 0.2) is 30.3 Å². The van der Waals surface area contributed by atoms with Gasteiger partial charge in [-0.25, -0.2) is 9.59 Å². The molecule has 2 aliphatic rings. The first-order chi connectivity index (χ1) is 11.7. The molecule has 1 saturated carbocycles. The lowest BCUT2D eigenvalue weighted by atomic mass is 10.1. The predicted molar refractivity (Wildman–Crippen MR) is 92.9 cm³/mol. The summed E-state index contributed by atoms with van der Waals surface area (Å²) in [5.74, 6) is 1.11. The van der Waals surface area contributed by atoms with E-state index in [9.17, 15) is 9.59 Å². The molecule has 0 radical (unpaired) electrons. The lowest BCUT2D eigenvalue weighted by molar-refractivity contribution is 0.207. The summed E-state index contributed by atoms with van der Waals surface area (Å²) in [6, 6.07) is 10.3. The third-order valence-corrected chi connectivity index (χ3v) is 4.81. The van der Waals surface area contributed by atoms with Gasteiger partial charge < -0.3 is 20.9 Å². The number of likely N-dealkylation sites (tertiary alicyclic amines) is 1. The number of nitrogens with zero attached hydrogens (tertiary/aromatic N) is 1. The third-order valence-electron chi connectivity index (χ3n) is 4.81. The molecule has 130 valence electrons. The summed E-state index contributed by atoms with van der Waals surface area (Å²) < 4.78 is 0. The Bertz CT molecular complexity index is 578. The van der Waals surface area contributed by atoms with Crippen LogP contribution in [-0.4, -0.2) is 49.2 Å². The number of amides is 4. The second kappa shape index (κ2) is 7.55. The van der Waals surface area contributed by atoms with E-state index in [1.54, 1.807) is 4.90 Å². The molecule has 1 saturated heterocycles. The lowest BCUT2D eigenvalue weighted by Crippen LogP contribution is -2.45. The molecule has 0 bridgehead atoms. The topological polar surface area (TPSA) is 73.5 Å². The zero-order chi connectivity index (χ0) is 16.9. The molecule has 1 aromatic carbocycles. The van der Waals surface area contributed by atoms with E-state index in [1.807, 2.05) is 13.0 Å². The maximum atomic E-state index is 12.0. The number of nitrogens with one attached hydrogen (secondary N) is 3. The quantitative estimate of drug-likeness (QED) is 0.771. The highest BCUT2D eigenvalue weighted by molar-refractivity contribution is 5.76. The smallest absolute Gasteiger partial charge is 0.317 e. The van der Waals surface area contributed by atoms with Crippen molar-refractivity contribution in [3.05, 3.63) is 35.9 Å². The van der Waals surface area contributed by atoms with Gasteiger partial charge in [0.25, 0.3) is 0 Å². The van der Waals surface area contributed by atoms with Crippen LogP contribution >= 0.6 is 0 Å². The van der Waals surface area contributed by atoms with Gasteiger partial charge in [-0.3, -0.25) is 0 Å². The van der Waals surface area contributed by atoms with E-state index in [4.69, 9.17) is 0 Å². The summed E-state index contributed by atoms with van der Waals surface area (Å²) in [6.07, 6.45) is 1.94. The molecule has 4 amide bonds. The van der Waals surface area contributed by atoms with Crippen molar-refractivity contribution in [2.75, 3.05) is 26.2 Å². The minimum atomic E-state index is -0.128. The van der Waals surface area contributed by atoms with Crippen molar-refractivity contribution in [3.8, 4) is 0 Å². The number of hydrogen-bond acceptors (Lipinski definition) is 2. The predicted octanol–water partition coefficient (Wildman–Crippen LogP) is 1.89. The number of rotatable bonds is 5. The van der Waals surface area contributed by atoms with Crippen molar-refractivity contribution in [1.29, 1.82) is 0 Å². The fraction of sp³-hybridized carbons (Fsp3) is 0.556. The highest BCUT2D eigenvalue weighted by atomic mass is 16.2. The second-order valence-corrected chi connectivity index (χ2v) is 6.63. The molecule has 6 heteroatoms. The fourth-order valence-corrected chi connectivity index (χ4v) is 3.37. The van der Waals surface area contributed by atoms with E-state index in [2.05, 4.69) is 40.2 Å². The van der Waals surface area contributed by atoms with Crippen LogP contribution in [0.5, 0.6) is 0 Å². The number of carbonyl (C=O) groups is 2. The molecule has 3 rings (SSSR count). The maximum Gasteiger partial charge on any atom is 0.317 e. The summed E-state index contributed by atoms with van der Waals surface area (Å²) in [4.78, 5) is 25.5. The van der Waals surface area contributed by atoms with E-state index in [0.29, 0.717) is 38.0 Å². The molecule has 0 unspecified atom stereocenters. The third kappa shape index (κ3) is 4.19. The molecule has 6 nitrogen and oxygen atoms in total. The lowest BCUT2D eigenvalue weighted by Gasteiger charge is -2.17. The summed E-state index contributed by atoms with van der Waals surface area (Å²) in [7, 11) is 0. The van der Waals surface area contributed by atoms with Gasteiger partial charge in [0, 0.05) is 32.2 Å². The molecule has 3 atom stereocenters. The normalized spacial score (nSPS) is 25.2. The van der Waals surface area contributed by atoms with Gasteiger partial charge in [0.05, 0.1) is 0 Å². The van der Waals surface area contributed by atoms with E-state index in [0.717, 1.165) is 12.8 Å². The van der Waals surface area contributed by atoms with Crippen molar-refractivity contribution in [1.82, 2.24) is 20.9 Å². The van der Waals surface area contributed by atoms with Crippen LogP contribution in [-0.2, 0) is 0 Å². The summed E-state index contributed by atoms with van der Waals surface area (Å²) in [6.45, 7) is 4.50. The molecule has 1 aliphatic carbocycles. The molecule has 24 heavy (non-hydrogen) atoms. The monoisotopic (exact) mass is 330 g/mol. The Kier molecular flexibility index (Phi) is 5.23. The van der Waals surface area contributed by atoms with Crippen LogP contribution in [0, 0.1) is 5.92 Å². The second-order valence-electron chi connectivity index (χ2n) is 6.63. The highest BCUT2D eigenvalue weighted by Gasteiger charge is 2.38. The number of benzene rings is 1. The Hall–Kier alpha value is -2.24. The van der Waals surface area contributed by atoms with Crippen molar-refractivity contribution in [3.63, 3.8) is 0 Å². The number of hydrogen-bond donors (Lipinski definition) is 3. The molecule has 0 aromatic heterocycles. The van der Waals surface area contributed by atoms with Crippen LogP contribution in [0.3, 0.4) is 0 Å². The van der Waals surface area contributed by atoms with Crippen LogP contribution in [0.25, 0.3) is 0 Å². The zero-order valence-electron chi connectivity index (χ0n) is 14.1. The maximum absolute atomic E-state index is 12.0. The van der Waals surface area contributed by atoms with E-state index >= 15 is 0 Å². The minimum absolute atomic E-state index is 0.0386. The Balaban J connectivity index is 1.35. The first kappa shape index (κ1) is 16.6. The van der Waals surface area contributed by atoms with Gasteiger partial charge in [-0.05, 0) is 37.2 Å². The molecule has 2 fully saturated rings. The summed E-state index contributed by atoms with van der Waals surface area (Å²) >= 11 is 0. The summed E-state index contributed by atoms with van der Waals surface area (Å²) in [5.41, 5.74) is 1.36. The molecule has 0 spiro atoms. The van der Waals surface area contributed by atoms with E-state index < -0.39 is 0 Å². The Morgan fingerprint density at radius 2 is 2.00 bits per heavy atom. The largest absolute Gasteiger partial charge is 0.338 e. The molecule has 3 N–H and O–H groups in total. The van der Waals surface area contributed by atoms with Gasteiger partial charge in [-0.2, -0.15) is 0 Å². The van der Waals surface area contributed by atoms with Gasteiger partial charge in [-0.1, -0.05) is 30.3 Å². The Morgan fingerprint density at radius 1 is 1.21 bits per heavy atom. The van der Waals surface area contributed by atoms with Crippen molar-refractivity contribution in [2.24, 2.45) is 5.92 Å². The Morgan fingerprint density at radius 3 is 2.75 bits per heavy atom. The SMILES string of the molecule is CCNC(=O)N1CC[C@H](NC(=O)NC[C@@H]2C[C@@H]2c2ccccc2)C1. The zero-order valence-corrected chi connectivity index (χ0v) is 14.1. The van der Waals surface area contributed by atoms with E-state index in [-0.39, 0.29) is 18.1 Å². The van der Waals surface area contributed by atoms with Gasteiger partial charge in [0.1, 0.15) is 0 Å². The summed E-state index contributed by atoms with van der Waals surface area (Å²) in [5, 5.41) is 8.73. The average molecular weight is 330 g/mol. The molecular formula is C18H26N4O2. The van der Waals surface area contributed by atoms with Gasteiger partial charge in [0.2, 0.25) is 0 Å². The van der Waals surface area contributed by atoms with Crippen molar-refractivity contribution < 1.29 is 9.59 Å². The first-order valence-corrected chi connectivity index (χ1v) is 8.79. The van der Waals surface area contributed by atoms with Crippen LogP contribution < -0.4 is 16.0 Å². The first-order valence-electron chi connectivity index (χ1n) is 8.79. The van der Waals surface area contributed by atoms with Crippen molar-refractivity contribution in [2.45, 2.75) is 31.7 Å². The van der Waals surface area contributed by atoms with E-state index in [1.165, 1.54) is 5.56 Å². The average Bonchev–Trinajstić information content (AvgIpc) is 3.23. The molecule has 1 aromatic rings. The van der Waals surface area contributed by atoms with Crippen LogP contribution in [0.1, 0.15) is 31.2 Å². The number of carbonyl (C=O) groups excluding carboxylic acids is 2. The van der Waals surface area contributed by atoms with Crippen molar-refractivity contribution >= 4 is 12.1 Å². The van der Waals surface area contributed by atoms with Gasteiger partial charge >= 0.3 is 12.1 Å². The fourth-order valence-electron chi connectivity index (χ4n) is 3.37.